The second-order valence-electron chi connectivity index (χ2n) is 8.00. The lowest BCUT2D eigenvalue weighted by Crippen LogP contribution is -2.38. The lowest BCUT2D eigenvalue weighted by atomic mass is 10.1. The third-order valence-corrected chi connectivity index (χ3v) is 5.92. The highest BCUT2D eigenvalue weighted by molar-refractivity contribution is 5.95. The van der Waals surface area contributed by atoms with Crippen LogP contribution in [0.15, 0.2) is 48.5 Å². The Morgan fingerprint density at radius 3 is 2.26 bits per heavy atom. The molecule has 2 aliphatic heterocycles. The number of anilines is 1. The normalized spacial score (nSPS) is 17.1. The van der Waals surface area contributed by atoms with E-state index in [0.29, 0.717) is 39.0 Å². The van der Waals surface area contributed by atoms with Gasteiger partial charge in [0.15, 0.2) is 0 Å². The van der Waals surface area contributed by atoms with E-state index in [9.17, 15) is 18.8 Å². The van der Waals surface area contributed by atoms with Gasteiger partial charge in [-0.15, -0.1) is 0 Å². The summed E-state index contributed by atoms with van der Waals surface area (Å²) in [4.78, 5) is 42.5. The maximum absolute atomic E-state index is 14.0. The van der Waals surface area contributed by atoms with Crippen molar-refractivity contribution < 1.29 is 18.8 Å². The number of amides is 3. The minimum Gasteiger partial charge on any atom is -0.341 e. The molecule has 0 saturated carbocycles. The zero-order valence-corrected chi connectivity index (χ0v) is 17.4. The number of rotatable bonds is 4. The summed E-state index contributed by atoms with van der Waals surface area (Å²) in [5.41, 5.74) is 1.83. The second-order valence-corrected chi connectivity index (χ2v) is 8.00. The lowest BCUT2D eigenvalue weighted by molar-refractivity contribution is -0.130. The van der Waals surface area contributed by atoms with Crippen LogP contribution >= 0.6 is 0 Å². The molecule has 0 atom stereocenters. The fourth-order valence-corrected chi connectivity index (χ4v) is 4.18. The van der Waals surface area contributed by atoms with Gasteiger partial charge in [-0.3, -0.25) is 14.4 Å². The number of carbonyl (C=O) groups is 3. The highest BCUT2D eigenvalue weighted by atomic mass is 19.1. The molecular formula is C24H26FN3O3. The lowest BCUT2D eigenvalue weighted by Gasteiger charge is -2.22. The molecule has 0 N–H and O–H groups in total. The molecule has 0 spiro atoms. The fraction of sp³-hybridized carbons (Fsp3) is 0.375. The number of benzene rings is 2. The van der Waals surface area contributed by atoms with Crippen LogP contribution in [0.1, 0.15) is 35.2 Å². The standard InChI is InChI=1S/C24H26FN3O3/c25-21-6-2-1-5-20(21)24(31)27-13-4-12-26(15-16-27)23(30)17-18-8-10-19(11-9-18)28-14-3-7-22(28)29/h1-2,5-6,8-11H,3-4,7,12-17H2. The van der Waals surface area contributed by atoms with Crippen molar-refractivity contribution in [3.8, 4) is 0 Å². The van der Waals surface area contributed by atoms with Gasteiger partial charge in [0.2, 0.25) is 11.8 Å². The minimum atomic E-state index is -0.524. The van der Waals surface area contributed by atoms with Crippen LogP contribution in [-0.4, -0.2) is 60.2 Å². The molecule has 4 rings (SSSR count). The second kappa shape index (κ2) is 9.29. The summed E-state index contributed by atoms with van der Waals surface area (Å²) in [6.45, 7) is 2.62. The summed E-state index contributed by atoms with van der Waals surface area (Å²) < 4.78 is 14.0. The molecule has 31 heavy (non-hydrogen) atoms. The van der Waals surface area contributed by atoms with Crippen LogP contribution in [0.2, 0.25) is 0 Å². The zero-order valence-electron chi connectivity index (χ0n) is 17.4. The highest BCUT2D eigenvalue weighted by Crippen LogP contribution is 2.22. The van der Waals surface area contributed by atoms with Crippen LogP contribution < -0.4 is 4.90 Å². The van der Waals surface area contributed by atoms with Gasteiger partial charge in [-0.1, -0.05) is 24.3 Å². The summed E-state index contributed by atoms with van der Waals surface area (Å²) in [6.07, 6.45) is 2.40. The molecule has 7 heteroatoms. The minimum absolute atomic E-state index is 0.00481. The van der Waals surface area contributed by atoms with E-state index >= 15 is 0 Å². The van der Waals surface area contributed by atoms with Crippen molar-refractivity contribution in [1.29, 1.82) is 0 Å². The van der Waals surface area contributed by atoms with E-state index in [2.05, 4.69) is 0 Å². The first kappa shape index (κ1) is 21.0. The largest absolute Gasteiger partial charge is 0.341 e. The van der Waals surface area contributed by atoms with Gasteiger partial charge in [0.25, 0.3) is 5.91 Å². The van der Waals surface area contributed by atoms with Crippen molar-refractivity contribution in [1.82, 2.24) is 9.80 Å². The predicted octanol–water partition coefficient (Wildman–Crippen LogP) is 2.87. The molecule has 2 fully saturated rings. The van der Waals surface area contributed by atoms with Gasteiger partial charge in [-0.25, -0.2) is 4.39 Å². The van der Waals surface area contributed by atoms with E-state index in [1.54, 1.807) is 26.8 Å². The molecule has 0 radical (unpaired) electrons. The molecule has 2 heterocycles. The Morgan fingerprint density at radius 1 is 0.839 bits per heavy atom. The summed E-state index contributed by atoms with van der Waals surface area (Å²) in [6, 6.07) is 13.6. The molecular weight excluding hydrogens is 397 g/mol. The smallest absolute Gasteiger partial charge is 0.256 e. The van der Waals surface area contributed by atoms with E-state index < -0.39 is 5.82 Å². The van der Waals surface area contributed by atoms with Crippen molar-refractivity contribution in [2.24, 2.45) is 0 Å². The van der Waals surface area contributed by atoms with Gasteiger partial charge in [0.05, 0.1) is 12.0 Å². The average molecular weight is 423 g/mol. The van der Waals surface area contributed by atoms with Gasteiger partial charge in [0, 0.05) is 44.8 Å². The molecule has 2 aliphatic rings. The van der Waals surface area contributed by atoms with E-state index in [1.165, 1.54) is 12.1 Å². The molecule has 0 aromatic heterocycles. The maximum Gasteiger partial charge on any atom is 0.256 e. The van der Waals surface area contributed by atoms with Gasteiger partial charge in [-0.2, -0.15) is 0 Å². The molecule has 0 unspecified atom stereocenters. The van der Waals surface area contributed by atoms with E-state index in [1.807, 2.05) is 24.3 Å². The molecule has 2 saturated heterocycles. The van der Waals surface area contributed by atoms with Crippen molar-refractivity contribution in [2.45, 2.75) is 25.7 Å². The Bertz CT molecular complexity index is 976. The highest BCUT2D eigenvalue weighted by Gasteiger charge is 2.25. The number of hydrogen-bond acceptors (Lipinski definition) is 3. The number of carbonyl (C=O) groups excluding carboxylic acids is 3. The van der Waals surface area contributed by atoms with Crippen molar-refractivity contribution in [3.05, 3.63) is 65.5 Å². The first-order chi connectivity index (χ1) is 15.0. The van der Waals surface area contributed by atoms with Crippen LogP contribution in [0.25, 0.3) is 0 Å². The average Bonchev–Trinajstić information content (AvgIpc) is 3.05. The number of nitrogens with zero attached hydrogens (tertiary/aromatic N) is 3. The predicted molar refractivity (Wildman–Crippen MR) is 115 cm³/mol. The first-order valence-electron chi connectivity index (χ1n) is 10.7. The Balaban J connectivity index is 1.34. The summed E-state index contributed by atoms with van der Waals surface area (Å²) in [7, 11) is 0. The Kier molecular flexibility index (Phi) is 6.30. The van der Waals surface area contributed by atoms with Gasteiger partial charge in [0.1, 0.15) is 5.82 Å². The molecule has 162 valence electrons. The first-order valence-corrected chi connectivity index (χ1v) is 10.7. The van der Waals surface area contributed by atoms with Crippen LogP contribution in [0.3, 0.4) is 0 Å². The van der Waals surface area contributed by atoms with Crippen LogP contribution in [-0.2, 0) is 16.0 Å². The summed E-state index contributed by atoms with van der Waals surface area (Å²) in [5, 5.41) is 0. The van der Waals surface area contributed by atoms with Crippen LogP contribution in [0, 0.1) is 5.82 Å². The molecule has 6 nitrogen and oxygen atoms in total. The Morgan fingerprint density at radius 2 is 1.55 bits per heavy atom. The quantitative estimate of drug-likeness (QED) is 0.760. The van der Waals surface area contributed by atoms with Gasteiger partial charge < -0.3 is 14.7 Å². The molecule has 0 bridgehead atoms. The maximum atomic E-state index is 14.0. The van der Waals surface area contributed by atoms with Crippen molar-refractivity contribution in [3.63, 3.8) is 0 Å². The van der Waals surface area contributed by atoms with Crippen molar-refractivity contribution in [2.75, 3.05) is 37.6 Å². The van der Waals surface area contributed by atoms with E-state index in [-0.39, 0.29) is 29.7 Å². The molecule has 2 aromatic carbocycles. The van der Waals surface area contributed by atoms with Crippen LogP contribution in [0.5, 0.6) is 0 Å². The molecule has 0 aliphatic carbocycles. The number of halogens is 1. The third-order valence-electron chi connectivity index (χ3n) is 5.92. The van der Waals surface area contributed by atoms with Crippen LogP contribution in [0.4, 0.5) is 10.1 Å². The third kappa shape index (κ3) is 4.76. The Hall–Kier alpha value is -3.22. The monoisotopic (exact) mass is 423 g/mol. The Labute approximate surface area is 181 Å². The SMILES string of the molecule is O=C(Cc1ccc(N2CCCC2=O)cc1)N1CCCN(C(=O)c2ccccc2F)CC1. The van der Waals surface area contributed by atoms with Crippen molar-refractivity contribution >= 4 is 23.4 Å². The fourth-order valence-electron chi connectivity index (χ4n) is 4.18. The van der Waals surface area contributed by atoms with Gasteiger partial charge >= 0.3 is 0 Å². The zero-order chi connectivity index (χ0) is 21.8. The summed E-state index contributed by atoms with van der Waals surface area (Å²) >= 11 is 0. The van der Waals surface area contributed by atoms with E-state index in [4.69, 9.17) is 0 Å². The molecule has 2 aromatic rings. The van der Waals surface area contributed by atoms with E-state index in [0.717, 1.165) is 24.2 Å². The molecule has 3 amide bonds. The summed E-state index contributed by atoms with van der Waals surface area (Å²) in [5.74, 6) is -0.712. The number of hydrogen-bond donors (Lipinski definition) is 0. The van der Waals surface area contributed by atoms with Gasteiger partial charge in [-0.05, 0) is 42.7 Å². The topological polar surface area (TPSA) is 60.9 Å².